The quantitative estimate of drug-likeness (QED) is 0.176. The van der Waals surface area contributed by atoms with Gasteiger partial charge in [-0.3, -0.25) is 0 Å². The molecule has 0 unspecified atom stereocenters. The molecule has 0 aliphatic heterocycles. The average molecular weight is 459 g/mol. The van der Waals surface area contributed by atoms with Crippen molar-refractivity contribution in [3.63, 3.8) is 0 Å². The third-order valence-corrected chi connectivity index (χ3v) is 6.04. The van der Waals surface area contributed by atoms with Gasteiger partial charge < -0.3 is 9.47 Å². The molecule has 0 aliphatic rings. The van der Waals surface area contributed by atoms with Crippen molar-refractivity contribution >= 4 is 29.8 Å². The summed E-state index contributed by atoms with van der Waals surface area (Å²) in [5.41, 5.74) is 0.889. The molecular formula is C23H30N4O2S2. The number of hydrogen-bond donors (Lipinski definition) is 1. The van der Waals surface area contributed by atoms with Crippen LogP contribution in [0.15, 0.2) is 40.8 Å². The number of aromatic amines is 1. The first-order valence-electron chi connectivity index (χ1n) is 10.8. The summed E-state index contributed by atoms with van der Waals surface area (Å²) in [5, 5.41) is 13.6. The zero-order chi connectivity index (χ0) is 21.9. The average Bonchev–Trinajstić information content (AvgIpc) is 3.44. The number of unbranched alkanes of at least 4 members (excludes halogenated alkanes) is 6. The number of thiophene rings is 1. The molecule has 0 spiro atoms. The highest BCUT2D eigenvalue weighted by Crippen LogP contribution is 2.28. The maximum Gasteiger partial charge on any atom is 0.216 e. The molecule has 0 amide bonds. The number of H-pyrrole nitrogens is 1. The van der Waals surface area contributed by atoms with Gasteiger partial charge in [0.15, 0.2) is 17.3 Å². The number of aromatic nitrogens is 3. The van der Waals surface area contributed by atoms with Gasteiger partial charge in [0, 0.05) is 0 Å². The van der Waals surface area contributed by atoms with E-state index in [9.17, 15) is 0 Å². The first-order chi connectivity index (χ1) is 15.2. The molecule has 3 aromatic rings. The van der Waals surface area contributed by atoms with Gasteiger partial charge >= 0.3 is 0 Å². The highest BCUT2D eigenvalue weighted by atomic mass is 32.1. The molecule has 0 fully saturated rings. The molecule has 0 bridgehead atoms. The topological polar surface area (TPSA) is 64.4 Å². The van der Waals surface area contributed by atoms with Crippen LogP contribution in [-0.4, -0.2) is 34.8 Å². The van der Waals surface area contributed by atoms with E-state index in [1.807, 2.05) is 35.7 Å². The fourth-order valence-corrected chi connectivity index (χ4v) is 4.09. The van der Waals surface area contributed by atoms with Gasteiger partial charge in [0.25, 0.3) is 0 Å². The van der Waals surface area contributed by atoms with Gasteiger partial charge in [-0.15, -0.1) is 11.3 Å². The van der Waals surface area contributed by atoms with Gasteiger partial charge in [0.1, 0.15) is 0 Å². The lowest BCUT2D eigenvalue weighted by Crippen LogP contribution is -2.00. The molecule has 0 saturated heterocycles. The van der Waals surface area contributed by atoms with Crippen molar-refractivity contribution in [2.45, 2.75) is 51.9 Å². The molecule has 8 heteroatoms. The lowest BCUT2D eigenvalue weighted by molar-refractivity contribution is 0.284. The third kappa shape index (κ3) is 6.77. The number of methoxy groups -OCH3 is 1. The molecular weight excluding hydrogens is 428 g/mol. The van der Waals surface area contributed by atoms with Crippen molar-refractivity contribution in [3.8, 4) is 22.2 Å². The van der Waals surface area contributed by atoms with Gasteiger partial charge in [0.2, 0.25) is 4.77 Å². The molecule has 0 saturated carbocycles. The number of nitrogens with one attached hydrogen (secondary N) is 1. The number of benzene rings is 1. The van der Waals surface area contributed by atoms with Crippen molar-refractivity contribution in [1.29, 1.82) is 0 Å². The van der Waals surface area contributed by atoms with Gasteiger partial charge in [-0.1, -0.05) is 51.5 Å². The Kier molecular flexibility index (Phi) is 9.30. The summed E-state index contributed by atoms with van der Waals surface area (Å²) in [6, 6.07) is 9.76. The third-order valence-electron chi connectivity index (χ3n) is 4.91. The van der Waals surface area contributed by atoms with E-state index < -0.39 is 0 Å². The van der Waals surface area contributed by atoms with E-state index in [2.05, 4.69) is 22.2 Å². The van der Waals surface area contributed by atoms with Crippen molar-refractivity contribution < 1.29 is 9.47 Å². The highest BCUT2D eigenvalue weighted by Gasteiger charge is 2.09. The van der Waals surface area contributed by atoms with Crippen LogP contribution in [0.5, 0.6) is 11.5 Å². The summed E-state index contributed by atoms with van der Waals surface area (Å²) in [6.07, 6.45) is 10.6. The lowest BCUT2D eigenvalue weighted by Gasteiger charge is -2.11. The number of ether oxygens (including phenoxy) is 2. The van der Waals surface area contributed by atoms with Crippen LogP contribution in [0.25, 0.3) is 10.7 Å². The smallest absolute Gasteiger partial charge is 0.216 e. The second-order valence-electron chi connectivity index (χ2n) is 7.27. The van der Waals surface area contributed by atoms with Crippen LogP contribution in [0.1, 0.15) is 57.4 Å². The maximum absolute atomic E-state index is 5.94. The van der Waals surface area contributed by atoms with E-state index >= 15 is 0 Å². The zero-order valence-electron chi connectivity index (χ0n) is 18.2. The van der Waals surface area contributed by atoms with Gasteiger partial charge in [-0.25, -0.2) is 5.10 Å². The Hall–Kier alpha value is -2.45. The van der Waals surface area contributed by atoms with Crippen LogP contribution in [0.2, 0.25) is 0 Å². The largest absolute Gasteiger partial charge is 0.493 e. The molecule has 3 rings (SSSR count). The molecule has 2 aromatic heterocycles. The molecule has 1 aromatic carbocycles. The Morgan fingerprint density at radius 3 is 2.68 bits per heavy atom. The molecule has 1 N–H and O–H groups in total. The SMILES string of the molecule is CCCCCCCCCOc1ccc(/C=N\n2c(-c3cccs3)n[nH]c2=S)cc1OC. The minimum Gasteiger partial charge on any atom is -0.493 e. The van der Waals surface area contributed by atoms with Crippen LogP contribution in [0, 0.1) is 4.77 Å². The molecule has 166 valence electrons. The first-order valence-corrected chi connectivity index (χ1v) is 12.1. The molecule has 6 nitrogen and oxygen atoms in total. The lowest BCUT2D eigenvalue weighted by atomic mass is 10.1. The molecule has 31 heavy (non-hydrogen) atoms. The fraction of sp³-hybridized carbons (Fsp3) is 0.435. The predicted octanol–water partition coefficient (Wildman–Crippen LogP) is 6.69. The Bertz CT molecular complexity index is 1010. The normalized spacial score (nSPS) is 11.3. The van der Waals surface area contributed by atoms with Crippen LogP contribution in [0.3, 0.4) is 0 Å². The van der Waals surface area contributed by atoms with Crippen molar-refractivity contribution in [2.75, 3.05) is 13.7 Å². The van der Waals surface area contributed by atoms with E-state index in [0.717, 1.165) is 22.6 Å². The monoisotopic (exact) mass is 458 g/mol. The summed E-state index contributed by atoms with van der Waals surface area (Å²) >= 11 is 6.91. The summed E-state index contributed by atoms with van der Waals surface area (Å²) in [4.78, 5) is 0.996. The Balaban J connectivity index is 1.58. The van der Waals surface area contributed by atoms with Crippen molar-refractivity contribution in [3.05, 3.63) is 46.0 Å². The predicted molar refractivity (Wildman–Crippen MR) is 130 cm³/mol. The Morgan fingerprint density at radius 1 is 1.13 bits per heavy atom. The van der Waals surface area contributed by atoms with Crippen LogP contribution in [-0.2, 0) is 0 Å². The van der Waals surface area contributed by atoms with Gasteiger partial charge in [-0.05, 0) is 53.8 Å². The number of hydrogen-bond acceptors (Lipinski definition) is 6. The summed E-state index contributed by atoms with van der Waals surface area (Å²) in [5.74, 6) is 2.14. The fourth-order valence-electron chi connectivity index (χ4n) is 3.21. The second-order valence-corrected chi connectivity index (χ2v) is 8.60. The van der Waals surface area contributed by atoms with E-state index in [0.29, 0.717) is 23.0 Å². The molecule has 0 atom stereocenters. The molecule has 0 radical (unpaired) electrons. The van der Waals surface area contributed by atoms with E-state index in [4.69, 9.17) is 21.7 Å². The van der Waals surface area contributed by atoms with Crippen molar-refractivity contribution in [2.24, 2.45) is 5.10 Å². The summed E-state index contributed by atoms with van der Waals surface area (Å²) in [6.45, 7) is 2.94. The number of nitrogens with zero attached hydrogens (tertiary/aromatic N) is 3. The van der Waals surface area contributed by atoms with Crippen LogP contribution >= 0.6 is 23.6 Å². The summed E-state index contributed by atoms with van der Waals surface area (Å²) < 4.78 is 13.5. The van der Waals surface area contributed by atoms with Crippen LogP contribution in [0.4, 0.5) is 0 Å². The van der Waals surface area contributed by atoms with Crippen LogP contribution < -0.4 is 9.47 Å². The van der Waals surface area contributed by atoms with E-state index in [1.165, 1.54) is 38.5 Å². The van der Waals surface area contributed by atoms with E-state index in [1.54, 1.807) is 29.3 Å². The zero-order valence-corrected chi connectivity index (χ0v) is 19.8. The van der Waals surface area contributed by atoms with Crippen molar-refractivity contribution in [1.82, 2.24) is 14.9 Å². The minimum absolute atomic E-state index is 0.446. The highest BCUT2D eigenvalue weighted by molar-refractivity contribution is 7.71. The summed E-state index contributed by atoms with van der Waals surface area (Å²) in [7, 11) is 1.65. The first kappa shape index (κ1) is 23.2. The van der Waals surface area contributed by atoms with Gasteiger partial charge in [-0.2, -0.15) is 14.9 Å². The number of rotatable bonds is 13. The van der Waals surface area contributed by atoms with Gasteiger partial charge in [0.05, 0.1) is 24.8 Å². The maximum atomic E-state index is 5.94. The Morgan fingerprint density at radius 2 is 1.94 bits per heavy atom. The van der Waals surface area contributed by atoms with E-state index in [-0.39, 0.29) is 0 Å². The molecule has 2 heterocycles. The second kappa shape index (κ2) is 12.4. The molecule has 0 aliphatic carbocycles. The minimum atomic E-state index is 0.446. The Labute approximate surface area is 192 Å². The standard InChI is InChI=1S/C23H30N4O2S2/c1-3-4-5-6-7-8-9-14-29-19-13-12-18(16-20(19)28-2)17-24-27-22(25-26-23(27)30)21-11-10-15-31-21/h10-13,15-17H,3-9,14H2,1-2H3,(H,26,30)/b24-17-.